The molecule has 0 aromatic carbocycles. The number of hydrogen-bond acceptors (Lipinski definition) is 4. The average Bonchev–Trinajstić information content (AvgIpc) is 2.65. The van der Waals surface area contributed by atoms with E-state index in [-0.39, 0.29) is 12.6 Å². The number of rotatable bonds is 3. The van der Waals surface area contributed by atoms with Crippen molar-refractivity contribution in [2.24, 2.45) is 0 Å². The van der Waals surface area contributed by atoms with Gasteiger partial charge in [-0.3, -0.25) is 4.79 Å². The molecule has 88 valence electrons. The molecule has 0 fully saturated rings. The first-order chi connectivity index (χ1) is 7.54. The zero-order valence-electron chi connectivity index (χ0n) is 8.95. The van der Waals surface area contributed by atoms with Crippen LogP contribution in [0.1, 0.15) is 24.8 Å². The van der Waals surface area contributed by atoms with Crippen LogP contribution in [0.4, 0.5) is 0 Å². The molecule has 0 saturated heterocycles. The van der Waals surface area contributed by atoms with E-state index in [2.05, 4.69) is 10.1 Å². The van der Waals surface area contributed by atoms with Gasteiger partial charge < -0.3 is 10.1 Å². The number of amides is 1. The summed E-state index contributed by atoms with van der Waals surface area (Å²) in [5.74, 6) is -1.60. The molecule has 1 amide bonds. The van der Waals surface area contributed by atoms with E-state index in [4.69, 9.17) is 11.6 Å². The van der Waals surface area contributed by atoms with Crippen LogP contribution in [0.25, 0.3) is 0 Å². The van der Waals surface area contributed by atoms with E-state index in [0.717, 1.165) is 4.88 Å². The molecule has 0 bridgehead atoms. The Morgan fingerprint density at radius 1 is 1.56 bits per heavy atom. The van der Waals surface area contributed by atoms with Crippen LogP contribution >= 0.6 is 22.9 Å². The fraction of sp³-hybridized carbons (Fsp3) is 0.400. The third kappa shape index (κ3) is 3.50. The number of carbonyl (C=O) groups is 2. The van der Waals surface area contributed by atoms with Crippen LogP contribution in [0, 0.1) is 0 Å². The standard InChI is InChI=1S/C10H12ClNO3S/c1-3-15-10(14)9(13)12-6(2)7-4-5-8(11)16-7/h4-6H,3H2,1-2H3,(H,12,13). The lowest BCUT2D eigenvalue weighted by molar-refractivity contribution is -0.154. The van der Waals surface area contributed by atoms with Gasteiger partial charge in [0, 0.05) is 4.88 Å². The lowest BCUT2D eigenvalue weighted by atomic mass is 10.3. The molecular weight excluding hydrogens is 250 g/mol. The summed E-state index contributed by atoms with van der Waals surface area (Å²) in [6.07, 6.45) is 0. The molecule has 0 aliphatic carbocycles. The largest absolute Gasteiger partial charge is 0.459 e. The highest BCUT2D eigenvalue weighted by atomic mass is 35.5. The van der Waals surface area contributed by atoms with Gasteiger partial charge in [0.2, 0.25) is 0 Å². The number of ether oxygens (including phenoxy) is 1. The first kappa shape index (κ1) is 13.0. The van der Waals surface area contributed by atoms with Gasteiger partial charge in [-0.25, -0.2) is 4.79 Å². The van der Waals surface area contributed by atoms with Crippen molar-refractivity contribution < 1.29 is 14.3 Å². The number of carbonyl (C=O) groups excluding carboxylic acids is 2. The van der Waals surface area contributed by atoms with E-state index in [1.807, 2.05) is 6.07 Å². The van der Waals surface area contributed by atoms with Gasteiger partial charge in [-0.15, -0.1) is 11.3 Å². The van der Waals surface area contributed by atoms with Crippen LogP contribution in [-0.4, -0.2) is 18.5 Å². The molecule has 1 heterocycles. The van der Waals surface area contributed by atoms with Crippen LogP contribution in [0.2, 0.25) is 4.34 Å². The highest BCUT2D eigenvalue weighted by molar-refractivity contribution is 7.16. The molecule has 0 radical (unpaired) electrons. The summed E-state index contributed by atoms with van der Waals surface area (Å²) in [7, 11) is 0. The Hall–Kier alpha value is -1.07. The Labute approximate surface area is 103 Å². The predicted octanol–water partition coefficient (Wildman–Crippen LogP) is 2.14. The van der Waals surface area contributed by atoms with E-state index in [0.29, 0.717) is 4.34 Å². The van der Waals surface area contributed by atoms with Crippen LogP contribution in [0.3, 0.4) is 0 Å². The Balaban J connectivity index is 2.54. The van der Waals surface area contributed by atoms with Crippen molar-refractivity contribution in [3.8, 4) is 0 Å². The van der Waals surface area contributed by atoms with Crippen molar-refractivity contribution in [3.05, 3.63) is 21.3 Å². The van der Waals surface area contributed by atoms with Crippen LogP contribution in [0.15, 0.2) is 12.1 Å². The highest BCUT2D eigenvalue weighted by Crippen LogP contribution is 2.26. The zero-order chi connectivity index (χ0) is 12.1. The summed E-state index contributed by atoms with van der Waals surface area (Å²) >= 11 is 7.13. The maximum Gasteiger partial charge on any atom is 0.396 e. The van der Waals surface area contributed by atoms with E-state index < -0.39 is 11.9 Å². The van der Waals surface area contributed by atoms with Gasteiger partial charge in [0.15, 0.2) is 0 Å². The lowest BCUT2D eigenvalue weighted by Gasteiger charge is -2.10. The first-order valence-corrected chi connectivity index (χ1v) is 5.97. The fourth-order valence-corrected chi connectivity index (χ4v) is 2.15. The van der Waals surface area contributed by atoms with Crippen LogP contribution < -0.4 is 5.32 Å². The predicted molar refractivity (Wildman–Crippen MR) is 62.5 cm³/mol. The van der Waals surface area contributed by atoms with Gasteiger partial charge >= 0.3 is 11.9 Å². The summed E-state index contributed by atoms with van der Waals surface area (Å²) in [5.41, 5.74) is 0. The second kappa shape index (κ2) is 5.86. The summed E-state index contributed by atoms with van der Waals surface area (Å²) in [5, 5.41) is 2.53. The fourth-order valence-electron chi connectivity index (χ4n) is 1.08. The normalized spacial score (nSPS) is 11.9. The molecule has 1 atom stereocenters. The Morgan fingerprint density at radius 2 is 2.25 bits per heavy atom. The Kier molecular flexibility index (Phi) is 4.76. The van der Waals surface area contributed by atoms with Gasteiger partial charge in [0.05, 0.1) is 17.0 Å². The van der Waals surface area contributed by atoms with E-state index in [1.165, 1.54) is 11.3 Å². The zero-order valence-corrected chi connectivity index (χ0v) is 10.5. The third-order valence-electron chi connectivity index (χ3n) is 1.83. The third-order valence-corrected chi connectivity index (χ3v) is 3.24. The van der Waals surface area contributed by atoms with E-state index in [9.17, 15) is 9.59 Å². The molecule has 0 aliphatic rings. The van der Waals surface area contributed by atoms with Crippen molar-refractivity contribution in [3.63, 3.8) is 0 Å². The molecule has 0 aliphatic heterocycles. The van der Waals surface area contributed by atoms with Crippen LogP contribution in [0.5, 0.6) is 0 Å². The van der Waals surface area contributed by atoms with E-state index in [1.54, 1.807) is 19.9 Å². The minimum atomic E-state index is -0.864. The van der Waals surface area contributed by atoms with Gasteiger partial charge in [-0.1, -0.05) is 11.6 Å². The minimum absolute atomic E-state index is 0.186. The van der Waals surface area contributed by atoms with Gasteiger partial charge in [0.25, 0.3) is 0 Å². The summed E-state index contributed by atoms with van der Waals surface area (Å²) in [6, 6.07) is 3.30. The topological polar surface area (TPSA) is 55.4 Å². The highest BCUT2D eigenvalue weighted by Gasteiger charge is 2.18. The average molecular weight is 262 g/mol. The van der Waals surface area contributed by atoms with Crippen molar-refractivity contribution in [2.45, 2.75) is 19.9 Å². The van der Waals surface area contributed by atoms with Crippen molar-refractivity contribution in [1.29, 1.82) is 0 Å². The maximum atomic E-state index is 11.3. The molecule has 0 saturated carbocycles. The van der Waals surface area contributed by atoms with Crippen molar-refractivity contribution in [1.82, 2.24) is 5.32 Å². The SMILES string of the molecule is CCOC(=O)C(=O)NC(C)c1ccc(Cl)s1. The number of thiophene rings is 1. The molecule has 6 heteroatoms. The van der Waals surface area contributed by atoms with Gasteiger partial charge in [-0.05, 0) is 26.0 Å². The van der Waals surface area contributed by atoms with Crippen LogP contribution in [-0.2, 0) is 14.3 Å². The number of hydrogen-bond donors (Lipinski definition) is 1. The molecule has 1 unspecified atom stereocenters. The second-order valence-electron chi connectivity index (χ2n) is 3.06. The monoisotopic (exact) mass is 261 g/mol. The number of nitrogens with one attached hydrogen (secondary N) is 1. The minimum Gasteiger partial charge on any atom is -0.459 e. The number of halogens is 1. The molecule has 1 N–H and O–H groups in total. The quantitative estimate of drug-likeness (QED) is 0.670. The summed E-state index contributed by atoms with van der Waals surface area (Å²) in [4.78, 5) is 23.3. The molecule has 16 heavy (non-hydrogen) atoms. The smallest absolute Gasteiger partial charge is 0.396 e. The van der Waals surface area contributed by atoms with Crippen molar-refractivity contribution >= 4 is 34.8 Å². The summed E-state index contributed by atoms with van der Waals surface area (Å²) in [6.45, 7) is 3.61. The van der Waals surface area contributed by atoms with E-state index >= 15 is 0 Å². The Bertz CT molecular complexity index is 391. The van der Waals surface area contributed by atoms with Gasteiger partial charge in [-0.2, -0.15) is 0 Å². The molecule has 1 aromatic rings. The Morgan fingerprint density at radius 3 is 2.75 bits per heavy atom. The lowest BCUT2D eigenvalue weighted by Crippen LogP contribution is -2.34. The first-order valence-electron chi connectivity index (χ1n) is 4.77. The molecule has 4 nitrogen and oxygen atoms in total. The maximum absolute atomic E-state index is 11.3. The molecule has 1 rings (SSSR count). The number of esters is 1. The van der Waals surface area contributed by atoms with Crippen molar-refractivity contribution in [2.75, 3.05) is 6.61 Å². The summed E-state index contributed by atoms with van der Waals surface area (Å²) < 4.78 is 5.22. The molecule has 0 spiro atoms. The molecular formula is C10H12ClNO3S. The van der Waals surface area contributed by atoms with Gasteiger partial charge in [0.1, 0.15) is 0 Å². The second-order valence-corrected chi connectivity index (χ2v) is 4.80. The molecule has 1 aromatic heterocycles.